The highest BCUT2D eigenvalue weighted by Crippen LogP contribution is 2.43. The van der Waals surface area contributed by atoms with Gasteiger partial charge in [-0.3, -0.25) is 14.4 Å². The van der Waals surface area contributed by atoms with Gasteiger partial charge in [0.15, 0.2) is 5.78 Å². The molecule has 1 saturated heterocycles. The highest BCUT2D eigenvalue weighted by atomic mass is 16.3. The van der Waals surface area contributed by atoms with E-state index in [1.54, 1.807) is 24.3 Å². The minimum atomic E-state index is -0.726. The molecule has 2 aliphatic heterocycles. The number of rotatable bonds is 4. The second-order valence-electron chi connectivity index (χ2n) is 6.87. The summed E-state index contributed by atoms with van der Waals surface area (Å²) in [6.45, 7) is -0.152. The van der Waals surface area contributed by atoms with E-state index < -0.39 is 18.1 Å². The first-order chi connectivity index (χ1) is 13.0. The summed E-state index contributed by atoms with van der Waals surface area (Å²) in [6, 6.07) is 13.4. The van der Waals surface area contributed by atoms with Crippen LogP contribution in [0.5, 0.6) is 0 Å². The molecule has 2 unspecified atom stereocenters. The average molecular weight is 365 g/mol. The minimum absolute atomic E-state index is 0.0848. The van der Waals surface area contributed by atoms with Crippen molar-refractivity contribution in [1.29, 1.82) is 0 Å². The molecule has 0 aliphatic carbocycles. The van der Waals surface area contributed by atoms with E-state index in [0.29, 0.717) is 24.2 Å². The molecule has 4 N–H and O–H groups in total. The maximum Gasteiger partial charge on any atom is 0.241 e. The number of nitrogens with one attached hydrogen (secondary N) is 3. The summed E-state index contributed by atoms with van der Waals surface area (Å²) in [6.07, 6.45) is 0.378. The molecular weight excluding hydrogens is 346 g/mol. The molecular formula is C20H19N3O4. The molecule has 4 rings (SSSR count). The Labute approximate surface area is 155 Å². The van der Waals surface area contributed by atoms with Gasteiger partial charge in [-0.2, -0.15) is 0 Å². The fraction of sp³-hybridized carbons (Fsp3) is 0.250. The summed E-state index contributed by atoms with van der Waals surface area (Å²) >= 11 is 0. The SMILES string of the molecule is O=C(CO)c1ccc(NC(=O)C2CC3(CN2)C(=O)Nc2ccccc23)cc1. The van der Waals surface area contributed by atoms with Crippen molar-refractivity contribution in [1.82, 2.24) is 5.32 Å². The number of Topliss-reactive ketones (excluding diaryl/α,β-unsaturated/α-hetero) is 1. The topological polar surface area (TPSA) is 108 Å². The van der Waals surface area contributed by atoms with Crippen LogP contribution < -0.4 is 16.0 Å². The number of fused-ring (bicyclic) bond motifs is 2. The van der Waals surface area contributed by atoms with Gasteiger partial charge < -0.3 is 21.1 Å². The standard InChI is InChI=1S/C20H19N3O4/c24-10-17(25)12-5-7-13(8-6-12)22-18(26)16-9-20(11-21-16)14-3-1-2-4-15(14)23-19(20)27/h1-8,16,21,24H,9-11H2,(H,22,26)(H,23,27). The molecule has 2 aliphatic rings. The van der Waals surface area contributed by atoms with Crippen LogP contribution in [0.3, 0.4) is 0 Å². The van der Waals surface area contributed by atoms with Crippen molar-refractivity contribution < 1.29 is 19.5 Å². The Morgan fingerprint density at radius 2 is 1.89 bits per heavy atom. The highest BCUT2D eigenvalue weighted by Gasteiger charge is 2.52. The molecule has 2 aromatic carbocycles. The quantitative estimate of drug-likeness (QED) is 0.606. The summed E-state index contributed by atoms with van der Waals surface area (Å²) in [5.41, 5.74) is 1.93. The Morgan fingerprint density at radius 1 is 1.15 bits per heavy atom. The van der Waals surface area contributed by atoms with Gasteiger partial charge in [0.1, 0.15) is 6.61 Å². The summed E-state index contributed by atoms with van der Waals surface area (Å²) < 4.78 is 0. The lowest BCUT2D eigenvalue weighted by molar-refractivity contribution is -0.120. The number of carbonyl (C=O) groups is 3. The van der Waals surface area contributed by atoms with Gasteiger partial charge in [0, 0.05) is 23.5 Å². The summed E-state index contributed by atoms with van der Waals surface area (Å²) in [5, 5.41) is 17.7. The van der Waals surface area contributed by atoms with Gasteiger partial charge >= 0.3 is 0 Å². The van der Waals surface area contributed by atoms with Crippen molar-refractivity contribution >= 4 is 29.0 Å². The molecule has 7 heteroatoms. The molecule has 2 atom stereocenters. The molecule has 2 amide bonds. The van der Waals surface area contributed by atoms with Crippen molar-refractivity contribution in [3.63, 3.8) is 0 Å². The molecule has 0 aromatic heterocycles. The lowest BCUT2D eigenvalue weighted by Crippen LogP contribution is -2.36. The van der Waals surface area contributed by atoms with E-state index in [2.05, 4.69) is 16.0 Å². The van der Waals surface area contributed by atoms with E-state index >= 15 is 0 Å². The summed E-state index contributed by atoms with van der Waals surface area (Å²) in [7, 11) is 0. The third-order valence-corrected chi connectivity index (χ3v) is 5.26. The van der Waals surface area contributed by atoms with Crippen LogP contribution >= 0.6 is 0 Å². The van der Waals surface area contributed by atoms with Gasteiger partial charge in [0.05, 0.1) is 11.5 Å². The second kappa shape index (κ2) is 6.61. The summed E-state index contributed by atoms with van der Waals surface area (Å²) in [5.74, 6) is -0.693. The van der Waals surface area contributed by atoms with Crippen molar-refractivity contribution in [3.05, 3.63) is 59.7 Å². The van der Waals surface area contributed by atoms with Gasteiger partial charge in [-0.1, -0.05) is 18.2 Å². The van der Waals surface area contributed by atoms with Crippen LogP contribution in [0.1, 0.15) is 22.3 Å². The van der Waals surface area contributed by atoms with E-state index in [4.69, 9.17) is 5.11 Å². The third kappa shape index (κ3) is 2.90. The van der Waals surface area contributed by atoms with E-state index in [1.165, 1.54) is 0 Å². The molecule has 0 radical (unpaired) electrons. The van der Waals surface area contributed by atoms with Crippen LogP contribution in [0.15, 0.2) is 48.5 Å². The molecule has 2 aromatic rings. The maximum absolute atomic E-state index is 12.6. The zero-order chi connectivity index (χ0) is 19.0. The maximum atomic E-state index is 12.6. The minimum Gasteiger partial charge on any atom is -0.388 e. The van der Waals surface area contributed by atoms with Gasteiger partial charge in [-0.15, -0.1) is 0 Å². The number of para-hydroxylation sites is 1. The van der Waals surface area contributed by atoms with Crippen LogP contribution in [0, 0.1) is 0 Å². The lowest BCUT2D eigenvalue weighted by atomic mass is 9.79. The second-order valence-corrected chi connectivity index (χ2v) is 6.87. The number of hydrogen-bond donors (Lipinski definition) is 4. The molecule has 0 saturated carbocycles. The molecule has 0 bridgehead atoms. The van der Waals surface area contributed by atoms with Gasteiger partial charge in [0.25, 0.3) is 0 Å². The fourth-order valence-corrected chi connectivity index (χ4v) is 3.79. The van der Waals surface area contributed by atoms with Gasteiger partial charge in [-0.05, 0) is 42.3 Å². The normalized spacial score (nSPS) is 23.1. The van der Waals surface area contributed by atoms with Crippen LogP contribution in [0.4, 0.5) is 11.4 Å². The van der Waals surface area contributed by atoms with E-state index in [-0.39, 0.29) is 17.6 Å². The van der Waals surface area contributed by atoms with E-state index in [1.807, 2.05) is 24.3 Å². The van der Waals surface area contributed by atoms with Crippen molar-refractivity contribution in [2.45, 2.75) is 17.9 Å². The first-order valence-corrected chi connectivity index (χ1v) is 8.73. The fourth-order valence-electron chi connectivity index (χ4n) is 3.79. The number of aliphatic hydroxyl groups excluding tert-OH is 1. The Morgan fingerprint density at radius 3 is 2.63 bits per heavy atom. The first-order valence-electron chi connectivity index (χ1n) is 8.73. The van der Waals surface area contributed by atoms with Gasteiger partial charge in [-0.25, -0.2) is 0 Å². The number of aliphatic hydroxyl groups is 1. The van der Waals surface area contributed by atoms with E-state index in [9.17, 15) is 14.4 Å². The number of amides is 2. The molecule has 27 heavy (non-hydrogen) atoms. The predicted octanol–water partition coefficient (Wildman–Crippen LogP) is 1.05. The molecule has 1 fully saturated rings. The molecule has 138 valence electrons. The Kier molecular flexibility index (Phi) is 4.25. The lowest BCUT2D eigenvalue weighted by Gasteiger charge is -2.20. The summed E-state index contributed by atoms with van der Waals surface area (Å²) in [4.78, 5) is 36.7. The van der Waals surface area contributed by atoms with Gasteiger partial charge in [0.2, 0.25) is 11.8 Å². The third-order valence-electron chi connectivity index (χ3n) is 5.26. The largest absolute Gasteiger partial charge is 0.388 e. The van der Waals surface area contributed by atoms with Crippen molar-refractivity contribution in [2.75, 3.05) is 23.8 Å². The first kappa shape index (κ1) is 17.4. The van der Waals surface area contributed by atoms with Crippen molar-refractivity contribution in [2.24, 2.45) is 0 Å². The monoisotopic (exact) mass is 365 g/mol. The number of anilines is 2. The number of carbonyl (C=O) groups excluding carboxylic acids is 3. The number of benzene rings is 2. The number of hydrogen-bond acceptors (Lipinski definition) is 5. The van der Waals surface area contributed by atoms with Crippen LogP contribution in [-0.4, -0.2) is 41.9 Å². The smallest absolute Gasteiger partial charge is 0.241 e. The van der Waals surface area contributed by atoms with Crippen LogP contribution in [0.25, 0.3) is 0 Å². The van der Waals surface area contributed by atoms with E-state index in [0.717, 1.165) is 11.3 Å². The molecule has 7 nitrogen and oxygen atoms in total. The zero-order valence-corrected chi connectivity index (χ0v) is 14.5. The molecule has 2 heterocycles. The average Bonchev–Trinajstić information content (AvgIpc) is 3.25. The Hall–Kier alpha value is -3.03. The Balaban J connectivity index is 1.47. The number of ketones is 1. The van der Waals surface area contributed by atoms with Crippen LogP contribution in [0.2, 0.25) is 0 Å². The zero-order valence-electron chi connectivity index (χ0n) is 14.5. The predicted molar refractivity (Wildman–Crippen MR) is 99.6 cm³/mol. The van der Waals surface area contributed by atoms with Crippen molar-refractivity contribution in [3.8, 4) is 0 Å². The highest BCUT2D eigenvalue weighted by molar-refractivity contribution is 6.08. The Bertz CT molecular complexity index is 925. The van der Waals surface area contributed by atoms with Crippen LogP contribution in [-0.2, 0) is 15.0 Å². The molecule has 1 spiro atoms.